The third kappa shape index (κ3) is 8.74. The lowest BCUT2D eigenvalue weighted by Gasteiger charge is -2.34. The van der Waals surface area contributed by atoms with Crippen LogP contribution in [0.1, 0.15) is 41.7 Å². The average molecular weight is 646 g/mol. The molecule has 7 nitrogen and oxygen atoms in total. The number of carbonyl (C=O) groups is 2. The zero-order chi connectivity index (χ0) is 32.7. The van der Waals surface area contributed by atoms with E-state index in [9.17, 15) is 18.0 Å². The first-order valence-electron chi connectivity index (χ1n) is 14.9. The lowest BCUT2D eigenvalue weighted by atomic mass is 10.0. The van der Waals surface area contributed by atoms with Crippen molar-refractivity contribution in [2.75, 3.05) is 10.8 Å². The zero-order valence-corrected chi connectivity index (χ0v) is 27.9. The van der Waals surface area contributed by atoms with Gasteiger partial charge in [-0.15, -0.1) is 0 Å². The number of hydrogen-bond acceptors (Lipinski definition) is 4. The molecular weight excluding hydrogens is 606 g/mol. The number of nitrogens with zero attached hydrogens (tertiary/aromatic N) is 2. The maximum atomic E-state index is 14.5. The molecule has 0 aliphatic heterocycles. The number of sulfonamides is 1. The van der Waals surface area contributed by atoms with Gasteiger partial charge in [0.25, 0.3) is 10.0 Å². The monoisotopic (exact) mass is 645 g/mol. The van der Waals surface area contributed by atoms with Crippen LogP contribution in [-0.4, -0.2) is 43.8 Å². The summed E-state index contributed by atoms with van der Waals surface area (Å²) >= 11 is 6.15. The molecule has 4 rings (SSSR count). The highest BCUT2D eigenvalue weighted by atomic mass is 35.5. The topological polar surface area (TPSA) is 86.8 Å². The van der Waals surface area contributed by atoms with E-state index in [4.69, 9.17) is 11.6 Å². The highest BCUT2D eigenvalue weighted by Crippen LogP contribution is 2.27. The summed E-state index contributed by atoms with van der Waals surface area (Å²) in [5, 5.41) is 3.51. The highest BCUT2D eigenvalue weighted by Gasteiger charge is 2.35. The van der Waals surface area contributed by atoms with Crippen LogP contribution in [0.3, 0.4) is 0 Å². The van der Waals surface area contributed by atoms with Gasteiger partial charge in [0.15, 0.2) is 0 Å². The van der Waals surface area contributed by atoms with Gasteiger partial charge in [-0.05, 0) is 93.3 Å². The molecule has 0 saturated heterocycles. The molecule has 1 N–H and O–H groups in total. The molecular formula is C36H40ClN3O4S. The second kappa shape index (κ2) is 14.8. The molecule has 0 heterocycles. The van der Waals surface area contributed by atoms with Crippen LogP contribution in [-0.2, 0) is 32.6 Å². The minimum Gasteiger partial charge on any atom is -0.352 e. The fraction of sp³-hybridized carbons (Fsp3) is 0.278. The quantitative estimate of drug-likeness (QED) is 0.188. The average Bonchev–Trinajstić information content (AvgIpc) is 3.00. The Bertz CT molecular complexity index is 1720. The standard InChI is InChI=1S/C36H40ClN3O4S/c1-25(2)38-36(42)34(22-29-9-7-6-8-10-29)39(23-30-14-16-31(37)17-15-30)35(41)24-40(32-18-13-27(4)28(5)21-32)45(43,44)33-19-11-26(3)12-20-33/h6-21,25,34H,22-24H2,1-5H3,(H,38,42). The third-order valence-corrected chi connectivity index (χ3v) is 9.67. The minimum atomic E-state index is -4.16. The summed E-state index contributed by atoms with van der Waals surface area (Å²) in [4.78, 5) is 29.8. The van der Waals surface area contributed by atoms with Gasteiger partial charge in [0.2, 0.25) is 11.8 Å². The predicted molar refractivity (Wildman–Crippen MR) is 181 cm³/mol. The number of hydrogen-bond donors (Lipinski definition) is 1. The molecule has 0 aliphatic carbocycles. The summed E-state index contributed by atoms with van der Waals surface area (Å²) in [5.41, 5.74) is 4.79. The smallest absolute Gasteiger partial charge is 0.264 e. The number of amides is 2. The molecule has 1 unspecified atom stereocenters. The lowest BCUT2D eigenvalue weighted by Crippen LogP contribution is -2.54. The summed E-state index contributed by atoms with van der Waals surface area (Å²) in [6.07, 6.45) is 0.243. The second-order valence-electron chi connectivity index (χ2n) is 11.6. The molecule has 0 spiro atoms. The summed E-state index contributed by atoms with van der Waals surface area (Å²) in [6, 6.07) is 27.3. The molecule has 0 saturated carbocycles. The van der Waals surface area contributed by atoms with Gasteiger partial charge >= 0.3 is 0 Å². The Hall–Kier alpha value is -4.14. The predicted octanol–water partition coefficient (Wildman–Crippen LogP) is 6.63. The van der Waals surface area contributed by atoms with Crippen molar-refractivity contribution in [1.82, 2.24) is 10.2 Å². The van der Waals surface area contributed by atoms with Gasteiger partial charge in [0.1, 0.15) is 12.6 Å². The summed E-state index contributed by atoms with van der Waals surface area (Å²) in [7, 11) is -4.16. The van der Waals surface area contributed by atoms with Crippen molar-refractivity contribution in [1.29, 1.82) is 0 Å². The number of aryl methyl sites for hydroxylation is 3. The van der Waals surface area contributed by atoms with Crippen LogP contribution in [0.4, 0.5) is 5.69 Å². The van der Waals surface area contributed by atoms with Crippen molar-refractivity contribution in [3.8, 4) is 0 Å². The van der Waals surface area contributed by atoms with Gasteiger partial charge < -0.3 is 10.2 Å². The number of halogens is 1. The Balaban J connectivity index is 1.82. The summed E-state index contributed by atoms with van der Waals surface area (Å²) < 4.78 is 29.5. The van der Waals surface area contributed by atoms with Crippen molar-refractivity contribution in [2.24, 2.45) is 0 Å². The fourth-order valence-corrected chi connectivity index (χ4v) is 6.50. The molecule has 45 heavy (non-hydrogen) atoms. The molecule has 0 aromatic heterocycles. The zero-order valence-electron chi connectivity index (χ0n) is 26.3. The van der Waals surface area contributed by atoms with Crippen molar-refractivity contribution in [3.63, 3.8) is 0 Å². The van der Waals surface area contributed by atoms with Crippen LogP contribution in [0, 0.1) is 20.8 Å². The van der Waals surface area contributed by atoms with Gasteiger partial charge in [-0.1, -0.05) is 77.8 Å². The number of benzene rings is 4. The Morgan fingerprint density at radius 2 is 1.44 bits per heavy atom. The van der Waals surface area contributed by atoms with E-state index in [1.54, 1.807) is 60.7 Å². The van der Waals surface area contributed by atoms with Gasteiger partial charge in [0, 0.05) is 24.0 Å². The maximum Gasteiger partial charge on any atom is 0.264 e. The van der Waals surface area contributed by atoms with Crippen LogP contribution in [0.2, 0.25) is 5.02 Å². The van der Waals surface area contributed by atoms with E-state index in [-0.39, 0.29) is 29.8 Å². The van der Waals surface area contributed by atoms with E-state index in [0.29, 0.717) is 10.7 Å². The number of rotatable bonds is 12. The summed E-state index contributed by atoms with van der Waals surface area (Å²) in [5.74, 6) is -0.839. The highest BCUT2D eigenvalue weighted by molar-refractivity contribution is 7.92. The first-order valence-corrected chi connectivity index (χ1v) is 16.7. The molecule has 0 radical (unpaired) electrons. The molecule has 4 aromatic carbocycles. The van der Waals surface area contributed by atoms with Crippen molar-refractivity contribution >= 4 is 39.1 Å². The Morgan fingerprint density at radius 1 is 0.800 bits per heavy atom. The van der Waals surface area contributed by atoms with Crippen LogP contribution in [0.25, 0.3) is 0 Å². The Labute approximate surface area is 271 Å². The first-order chi connectivity index (χ1) is 21.3. The largest absolute Gasteiger partial charge is 0.352 e. The fourth-order valence-electron chi connectivity index (χ4n) is 4.97. The van der Waals surface area contributed by atoms with Crippen LogP contribution >= 0.6 is 11.6 Å². The molecule has 0 fully saturated rings. The van der Waals surface area contributed by atoms with Crippen molar-refractivity contribution < 1.29 is 18.0 Å². The van der Waals surface area contributed by atoms with Crippen molar-refractivity contribution in [2.45, 2.75) is 64.6 Å². The van der Waals surface area contributed by atoms with Gasteiger partial charge in [0.05, 0.1) is 10.6 Å². The molecule has 9 heteroatoms. The van der Waals surface area contributed by atoms with Crippen LogP contribution < -0.4 is 9.62 Å². The van der Waals surface area contributed by atoms with Crippen LogP contribution in [0.5, 0.6) is 0 Å². The molecule has 0 aliphatic rings. The SMILES string of the molecule is Cc1ccc(S(=O)(=O)N(CC(=O)N(Cc2ccc(Cl)cc2)C(Cc2ccccc2)C(=O)NC(C)C)c2ccc(C)c(C)c2)cc1. The van der Waals surface area contributed by atoms with Gasteiger partial charge in [-0.3, -0.25) is 13.9 Å². The second-order valence-corrected chi connectivity index (χ2v) is 13.9. The van der Waals surface area contributed by atoms with E-state index in [2.05, 4.69) is 5.32 Å². The van der Waals surface area contributed by atoms with Gasteiger partial charge in [-0.25, -0.2) is 8.42 Å². The molecule has 0 bridgehead atoms. The van der Waals surface area contributed by atoms with Crippen LogP contribution in [0.15, 0.2) is 102 Å². The van der Waals surface area contributed by atoms with E-state index in [1.807, 2.05) is 71.0 Å². The number of anilines is 1. The normalized spacial score (nSPS) is 12.1. The molecule has 1 atom stereocenters. The van der Waals surface area contributed by atoms with E-state index >= 15 is 0 Å². The number of carbonyl (C=O) groups excluding carboxylic acids is 2. The minimum absolute atomic E-state index is 0.0711. The third-order valence-electron chi connectivity index (χ3n) is 7.63. The van der Waals surface area contributed by atoms with Gasteiger partial charge in [-0.2, -0.15) is 0 Å². The maximum absolute atomic E-state index is 14.5. The summed E-state index contributed by atoms with van der Waals surface area (Å²) in [6.45, 7) is 9.01. The molecule has 4 aromatic rings. The molecule has 2 amide bonds. The Kier molecular flexibility index (Phi) is 11.1. The Morgan fingerprint density at radius 3 is 2.04 bits per heavy atom. The lowest BCUT2D eigenvalue weighted by molar-refractivity contribution is -0.140. The van der Waals surface area contributed by atoms with E-state index < -0.39 is 28.5 Å². The molecule has 236 valence electrons. The van der Waals surface area contributed by atoms with E-state index in [1.165, 1.54) is 4.90 Å². The van der Waals surface area contributed by atoms with Crippen molar-refractivity contribution in [3.05, 3.63) is 130 Å². The number of nitrogens with one attached hydrogen (secondary N) is 1. The first kappa shape index (κ1) is 33.7. The van der Waals surface area contributed by atoms with E-state index in [0.717, 1.165) is 32.1 Å².